The molecule has 2 N–H and O–H groups in total. The number of benzene rings is 2. The van der Waals surface area contributed by atoms with Gasteiger partial charge in [-0.05, 0) is 36.8 Å². The summed E-state index contributed by atoms with van der Waals surface area (Å²) in [5.41, 5.74) is -1.43. The quantitative estimate of drug-likeness (QED) is 0.378. The molecule has 0 saturated heterocycles. The molecule has 0 unspecified atom stereocenters. The molecule has 0 saturated carbocycles. The van der Waals surface area contributed by atoms with E-state index < -0.39 is 21.9 Å². The second kappa shape index (κ2) is 10.3. The predicted octanol–water partition coefficient (Wildman–Crippen LogP) is 3.64. The normalized spacial score (nSPS) is 10.7. The van der Waals surface area contributed by atoms with Gasteiger partial charge in [-0.3, -0.25) is 19.9 Å². The van der Waals surface area contributed by atoms with E-state index in [1.807, 2.05) is 4.98 Å². The van der Waals surface area contributed by atoms with E-state index in [1.54, 1.807) is 37.3 Å². The van der Waals surface area contributed by atoms with Crippen LogP contribution in [-0.4, -0.2) is 21.5 Å². The van der Waals surface area contributed by atoms with Crippen molar-refractivity contribution >= 4 is 29.4 Å². The monoisotopic (exact) mass is 468 g/mol. The first-order valence-electron chi connectivity index (χ1n) is 9.60. The number of nitrogens with one attached hydrogen (secondary N) is 2. The van der Waals surface area contributed by atoms with E-state index >= 15 is 0 Å². The largest absolute Gasteiger partial charge is 0.490 e. The molecule has 1 aromatic heterocycles. The van der Waals surface area contributed by atoms with Crippen molar-refractivity contribution in [2.75, 3.05) is 6.61 Å². The summed E-state index contributed by atoms with van der Waals surface area (Å²) in [6.45, 7) is 2.16. The van der Waals surface area contributed by atoms with Crippen molar-refractivity contribution < 1.29 is 14.4 Å². The van der Waals surface area contributed by atoms with Crippen molar-refractivity contribution in [2.45, 2.75) is 13.5 Å². The molecule has 2 aromatic carbocycles. The first-order valence-corrected chi connectivity index (χ1v) is 9.98. The van der Waals surface area contributed by atoms with E-state index in [2.05, 4.69) is 11.1 Å². The molecule has 0 spiro atoms. The second-order valence-electron chi connectivity index (χ2n) is 6.58. The number of hydrogen-bond donors (Lipinski definition) is 2. The minimum Gasteiger partial charge on any atom is -0.490 e. The van der Waals surface area contributed by atoms with Crippen molar-refractivity contribution in [1.82, 2.24) is 9.97 Å². The van der Waals surface area contributed by atoms with Gasteiger partial charge in [0.15, 0.2) is 11.5 Å². The lowest BCUT2D eigenvalue weighted by molar-refractivity contribution is -0.386. The molecular weight excluding hydrogens is 452 g/mol. The fourth-order valence-corrected chi connectivity index (χ4v) is 3.24. The number of H-pyrrole nitrogens is 2. The maximum Gasteiger partial charge on any atom is 0.357 e. The van der Waals surface area contributed by atoms with Gasteiger partial charge in [0.2, 0.25) is 0 Å². The van der Waals surface area contributed by atoms with Gasteiger partial charge >= 0.3 is 16.9 Å². The maximum absolute atomic E-state index is 11.8. The molecular formula is C22H17ClN4O6. The van der Waals surface area contributed by atoms with Crippen molar-refractivity contribution in [3.63, 3.8) is 0 Å². The van der Waals surface area contributed by atoms with Gasteiger partial charge in [-0.2, -0.15) is 5.26 Å². The van der Waals surface area contributed by atoms with E-state index in [1.165, 1.54) is 18.2 Å². The average molecular weight is 469 g/mol. The molecule has 3 aromatic rings. The van der Waals surface area contributed by atoms with Crippen LogP contribution in [-0.2, 0) is 6.61 Å². The summed E-state index contributed by atoms with van der Waals surface area (Å²) < 4.78 is 11.5. The molecule has 3 rings (SSSR count). The minimum absolute atomic E-state index is 0.0823. The minimum atomic E-state index is -1.11. The fraction of sp³-hybridized carbons (Fsp3) is 0.136. The SMILES string of the molecule is CCOc1cc(/C=C/c2[nH]c(=O)[nH]c(=O)c2[N+](=O)[O-])cc(Cl)c1OCc1ccccc1C#N. The molecule has 0 radical (unpaired) electrons. The molecule has 10 nitrogen and oxygen atoms in total. The fourth-order valence-electron chi connectivity index (χ4n) is 2.97. The number of aromatic amines is 2. The van der Waals surface area contributed by atoms with E-state index in [9.17, 15) is 25.0 Å². The van der Waals surface area contributed by atoms with Crippen LogP contribution in [0.15, 0.2) is 46.0 Å². The van der Waals surface area contributed by atoms with Crippen LogP contribution < -0.4 is 20.7 Å². The lowest BCUT2D eigenvalue weighted by Crippen LogP contribution is -2.25. The molecule has 0 amide bonds. The smallest absolute Gasteiger partial charge is 0.357 e. The highest BCUT2D eigenvalue weighted by Crippen LogP contribution is 2.38. The highest BCUT2D eigenvalue weighted by molar-refractivity contribution is 6.32. The molecule has 0 bridgehead atoms. The molecule has 0 atom stereocenters. The van der Waals surface area contributed by atoms with Crippen LogP contribution in [0.3, 0.4) is 0 Å². The van der Waals surface area contributed by atoms with Gasteiger partial charge in [0, 0.05) is 5.56 Å². The Balaban J connectivity index is 1.95. The summed E-state index contributed by atoms with van der Waals surface area (Å²) in [6.07, 6.45) is 2.65. The lowest BCUT2D eigenvalue weighted by Gasteiger charge is -2.15. The Labute approximate surface area is 191 Å². The highest BCUT2D eigenvalue weighted by atomic mass is 35.5. The summed E-state index contributed by atoms with van der Waals surface area (Å²) in [5, 5.41) is 20.6. The summed E-state index contributed by atoms with van der Waals surface area (Å²) in [5.74, 6) is 0.576. The van der Waals surface area contributed by atoms with Crippen LogP contribution >= 0.6 is 11.6 Å². The molecule has 0 aliphatic carbocycles. The zero-order valence-electron chi connectivity index (χ0n) is 17.3. The summed E-state index contributed by atoms with van der Waals surface area (Å²) in [6, 6.07) is 12.2. The van der Waals surface area contributed by atoms with Gasteiger partial charge < -0.3 is 14.5 Å². The van der Waals surface area contributed by atoms with E-state index in [0.29, 0.717) is 29.0 Å². The number of nitro groups is 1. The summed E-state index contributed by atoms with van der Waals surface area (Å²) >= 11 is 6.40. The number of hydrogen-bond acceptors (Lipinski definition) is 7. The van der Waals surface area contributed by atoms with Crippen LogP contribution in [0, 0.1) is 21.4 Å². The Morgan fingerprint density at radius 1 is 1.18 bits per heavy atom. The van der Waals surface area contributed by atoms with E-state index in [0.717, 1.165) is 0 Å². The standard InChI is InChI=1S/C22H17ClN4O6/c1-2-32-18-10-13(7-8-17-19(27(30)31)21(28)26-22(29)25-17)9-16(23)20(18)33-12-15-6-4-3-5-14(15)11-24/h3-10H,2,12H2,1H3,(H2,25,26,28,29)/b8-7+. The Morgan fingerprint density at radius 3 is 2.64 bits per heavy atom. The molecule has 168 valence electrons. The average Bonchev–Trinajstić information content (AvgIpc) is 2.76. The third-order valence-electron chi connectivity index (χ3n) is 4.41. The predicted molar refractivity (Wildman–Crippen MR) is 121 cm³/mol. The number of nitrogens with zero attached hydrogens (tertiary/aromatic N) is 2. The number of rotatable bonds is 8. The van der Waals surface area contributed by atoms with Crippen LogP contribution in [0.25, 0.3) is 12.2 Å². The van der Waals surface area contributed by atoms with Gasteiger partial charge in [0.1, 0.15) is 12.3 Å². The molecule has 11 heteroatoms. The van der Waals surface area contributed by atoms with Crippen molar-refractivity contribution in [3.8, 4) is 17.6 Å². The number of nitriles is 1. The Hall–Kier alpha value is -4.36. The third-order valence-corrected chi connectivity index (χ3v) is 4.69. The Morgan fingerprint density at radius 2 is 1.94 bits per heavy atom. The van der Waals surface area contributed by atoms with Gasteiger partial charge in [-0.15, -0.1) is 0 Å². The molecule has 1 heterocycles. The summed E-state index contributed by atoms with van der Waals surface area (Å²) in [4.78, 5) is 37.6. The van der Waals surface area contributed by atoms with Gasteiger partial charge in [-0.25, -0.2) is 4.79 Å². The van der Waals surface area contributed by atoms with Crippen LogP contribution in [0.4, 0.5) is 5.69 Å². The Bertz CT molecular complexity index is 1390. The topological polar surface area (TPSA) is 151 Å². The molecule has 0 aliphatic rings. The van der Waals surface area contributed by atoms with Crippen molar-refractivity contribution in [1.29, 1.82) is 5.26 Å². The second-order valence-corrected chi connectivity index (χ2v) is 6.99. The number of aromatic nitrogens is 2. The Kier molecular flexibility index (Phi) is 7.27. The first-order chi connectivity index (χ1) is 15.8. The van der Waals surface area contributed by atoms with Crippen LogP contribution in [0.5, 0.6) is 11.5 Å². The third kappa shape index (κ3) is 5.47. The van der Waals surface area contributed by atoms with Crippen molar-refractivity contribution in [3.05, 3.63) is 94.8 Å². The van der Waals surface area contributed by atoms with Gasteiger partial charge in [-0.1, -0.05) is 35.9 Å². The molecule has 0 fully saturated rings. The summed E-state index contributed by atoms with van der Waals surface area (Å²) in [7, 11) is 0. The number of halogens is 1. The van der Waals surface area contributed by atoms with Gasteiger partial charge in [0.05, 0.1) is 28.2 Å². The molecule has 33 heavy (non-hydrogen) atoms. The van der Waals surface area contributed by atoms with Gasteiger partial charge in [0.25, 0.3) is 0 Å². The van der Waals surface area contributed by atoms with Crippen LogP contribution in [0.2, 0.25) is 5.02 Å². The van der Waals surface area contributed by atoms with Crippen molar-refractivity contribution in [2.24, 2.45) is 0 Å². The molecule has 0 aliphatic heterocycles. The zero-order chi connectivity index (χ0) is 24.0. The number of ether oxygens (including phenoxy) is 2. The first kappa shape index (κ1) is 23.3. The van der Waals surface area contributed by atoms with Crippen LogP contribution in [0.1, 0.15) is 29.3 Å². The lowest BCUT2D eigenvalue weighted by atomic mass is 10.1. The maximum atomic E-state index is 11.8. The highest BCUT2D eigenvalue weighted by Gasteiger charge is 2.19. The zero-order valence-corrected chi connectivity index (χ0v) is 18.0. The van der Waals surface area contributed by atoms with E-state index in [-0.39, 0.29) is 23.1 Å². The van der Waals surface area contributed by atoms with E-state index in [4.69, 9.17) is 21.1 Å².